The molecule has 0 spiro atoms. The van der Waals surface area contributed by atoms with Gasteiger partial charge in [-0.25, -0.2) is 0 Å². The molecule has 2 rings (SSSR count). The fourth-order valence-corrected chi connectivity index (χ4v) is 2.31. The van der Waals surface area contributed by atoms with Crippen molar-refractivity contribution in [2.75, 3.05) is 24.3 Å². The number of benzene rings is 2. The van der Waals surface area contributed by atoms with Crippen LogP contribution in [-0.4, -0.2) is 19.0 Å². The zero-order chi connectivity index (χ0) is 15.4. The standard InChI is InChI=1S/C16H19N3O2/c1-12-7-9-14(10-8-12)18(3)11-13-5-4-6-15(19(20)21)16(13)17-2/h4-10,17H,11H2,1-3H3. The van der Waals surface area contributed by atoms with E-state index in [2.05, 4.69) is 22.3 Å². The molecule has 0 bridgehead atoms. The molecule has 0 radical (unpaired) electrons. The van der Waals surface area contributed by atoms with Gasteiger partial charge in [-0.1, -0.05) is 29.8 Å². The highest BCUT2D eigenvalue weighted by molar-refractivity contribution is 5.67. The summed E-state index contributed by atoms with van der Waals surface area (Å²) < 4.78 is 0. The Kier molecular flexibility index (Phi) is 4.42. The minimum Gasteiger partial charge on any atom is -0.382 e. The van der Waals surface area contributed by atoms with Gasteiger partial charge < -0.3 is 10.2 Å². The minimum atomic E-state index is -0.360. The van der Waals surface area contributed by atoms with E-state index in [4.69, 9.17) is 0 Å². The van der Waals surface area contributed by atoms with Crippen LogP contribution in [0.2, 0.25) is 0 Å². The molecule has 1 N–H and O–H groups in total. The van der Waals surface area contributed by atoms with E-state index in [9.17, 15) is 10.1 Å². The molecule has 0 aliphatic rings. The molecule has 0 atom stereocenters. The first-order valence-corrected chi connectivity index (χ1v) is 6.74. The molecule has 2 aromatic carbocycles. The summed E-state index contributed by atoms with van der Waals surface area (Å²) in [6.07, 6.45) is 0. The maximum absolute atomic E-state index is 11.1. The highest BCUT2D eigenvalue weighted by atomic mass is 16.6. The molecular formula is C16H19N3O2. The molecule has 0 aliphatic carbocycles. The molecule has 0 saturated heterocycles. The topological polar surface area (TPSA) is 58.4 Å². The Morgan fingerprint density at radius 1 is 1.19 bits per heavy atom. The van der Waals surface area contributed by atoms with E-state index in [-0.39, 0.29) is 10.6 Å². The Labute approximate surface area is 124 Å². The number of nitrogens with one attached hydrogen (secondary N) is 1. The van der Waals surface area contributed by atoms with Crippen molar-refractivity contribution in [3.05, 3.63) is 63.7 Å². The number of aryl methyl sites for hydroxylation is 1. The molecule has 0 fully saturated rings. The fraction of sp³-hybridized carbons (Fsp3) is 0.250. The number of nitro benzene ring substituents is 1. The van der Waals surface area contributed by atoms with Crippen LogP contribution in [-0.2, 0) is 6.54 Å². The third-order valence-electron chi connectivity index (χ3n) is 3.46. The van der Waals surface area contributed by atoms with Crippen molar-refractivity contribution < 1.29 is 4.92 Å². The first-order valence-electron chi connectivity index (χ1n) is 6.74. The highest BCUT2D eigenvalue weighted by Gasteiger charge is 2.17. The van der Waals surface area contributed by atoms with Crippen LogP contribution in [0.1, 0.15) is 11.1 Å². The summed E-state index contributed by atoms with van der Waals surface area (Å²) in [6.45, 7) is 2.64. The van der Waals surface area contributed by atoms with E-state index in [0.29, 0.717) is 12.2 Å². The highest BCUT2D eigenvalue weighted by Crippen LogP contribution is 2.29. The molecule has 0 saturated carbocycles. The number of anilines is 2. The summed E-state index contributed by atoms with van der Waals surface area (Å²) in [6, 6.07) is 13.3. The third kappa shape index (κ3) is 3.31. The predicted octanol–water partition coefficient (Wildman–Crippen LogP) is 3.58. The normalized spacial score (nSPS) is 10.2. The first-order chi connectivity index (χ1) is 10.0. The molecule has 110 valence electrons. The summed E-state index contributed by atoms with van der Waals surface area (Å²) >= 11 is 0. The molecule has 21 heavy (non-hydrogen) atoms. The molecule has 5 heteroatoms. The van der Waals surface area contributed by atoms with Gasteiger partial charge in [0.15, 0.2) is 0 Å². The van der Waals surface area contributed by atoms with Crippen LogP contribution in [0.5, 0.6) is 0 Å². The molecule has 0 aromatic heterocycles. The largest absolute Gasteiger partial charge is 0.382 e. The monoisotopic (exact) mass is 285 g/mol. The van der Waals surface area contributed by atoms with E-state index in [1.807, 2.05) is 32.2 Å². The Bertz CT molecular complexity index is 638. The first kappa shape index (κ1) is 14.8. The minimum absolute atomic E-state index is 0.104. The SMILES string of the molecule is CNc1c(CN(C)c2ccc(C)cc2)cccc1[N+](=O)[O-]. The van der Waals surface area contributed by atoms with E-state index in [1.54, 1.807) is 13.1 Å². The number of hydrogen-bond donors (Lipinski definition) is 1. The Morgan fingerprint density at radius 3 is 2.43 bits per heavy atom. The number of rotatable bonds is 5. The van der Waals surface area contributed by atoms with Crippen molar-refractivity contribution in [2.24, 2.45) is 0 Å². The summed E-state index contributed by atoms with van der Waals surface area (Å²) in [7, 11) is 3.68. The maximum atomic E-state index is 11.1. The van der Waals surface area contributed by atoms with Crippen molar-refractivity contribution in [3.63, 3.8) is 0 Å². The van der Waals surface area contributed by atoms with Crippen LogP contribution < -0.4 is 10.2 Å². The number of hydrogen-bond acceptors (Lipinski definition) is 4. The summed E-state index contributed by atoms with van der Waals surface area (Å²) in [5.41, 5.74) is 3.86. The van der Waals surface area contributed by atoms with Gasteiger partial charge in [0.1, 0.15) is 5.69 Å². The molecule has 0 heterocycles. The van der Waals surface area contributed by atoms with E-state index in [0.717, 1.165) is 11.3 Å². The molecule has 2 aromatic rings. The Hall–Kier alpha value is -2.56. The lowest BCUT2D eigenvalue weighted by Crippen LogP contribution is -2.17. The van der Waals surface area contributed by atoms with Crippen molar-refractivity contribution in [3.8, 4) is 0 Å². The average Bonchev–Trinajstić information content (AvgIpc) is 2.47. The second-order valence-electron chi connectivity index (χ2n) is 5.01. The van der Waals surface area contributed by atoms with Crippen LogP contribution in [0.25, 0.3) is 0 Å². The maximum Gasteiger partial charge on any atom is 0.292 e. The Balaban J connectivity index is 2.28. The summed E-state index contributed by atoms with van der Waals surface area (Å²) in [5.74, 6) is 0. The predicted molar refractivity (Wildman–Crippen MR) is 85.9 cm³/mol. The third-order valence-corrected chi connectivity index (χ3v) is 3.46. The fourth-order valence-electron chi connectivity index (χ4n) is 2.31. The van der Waals surface area contributed by atoms with Gasteiger partial charge in [-0.05, 0) is 19.1 Å². The lowest BCUT2D eigenvalue weighted by atomic mass is 10.1. The van der Waals surface area contributed by atoms with Gasteiger partial charge in [-0.15, -0.1) is 0 Å². The summed E-state index contributed by atoms with van der Waals surface area (Å²) in [5, 5.41) is 14.0. The molecular weight excluding hydrogens is 266 g/mol. The van der Waals surface area contributed by atoms with Crippen molar-refractivity contribution in [1.82, 2.24) is 0 Å². The van der Waals surface area contributed by atoms with Gasteiger partial charge >= 0.3 is 0 Å². The number of nitrogens with zero attached hydrogens (tertiary/aromatic N) is 2. The van der Waals surface area contributed by atoms with E-state index in [1.165, 1.54) is 11.6 Å². The smallest absolute Gasteiger partial charge is 0.292 e. The number of nitro groups is 1. The van der Waals surface area contributed by atoms with Gasteiger partial charge in [0.2, 0.25) is 0 Å². The zero-order valence-electron chi connectivity index (χ0n) is 12.5. The van der Waals surface area contributed by atoms with Gasteiger partial charge in [-0.3, -0.25) is 10.1 Å². The molecule has 5 nitrogen and oxygen atoms in total. The molecule has 0 unspecified atom stereocenters. The Morgan fingerprint density at radius 2 is 1.86 bits per heavy atom. The van der Waals surface area contributed by atoms with Crippen molar-refractivity contribution >= 4 is 17.1 Å². The average molecular weight is 285 g/mol. The van der Waals surface area contributed by atoms with Crippen molar-refractivity contribution in [1.29, 1.82) is 0 Å². The van der Waals surface area contributed by atoms with Gasteiger partial charge in [-0.2, -0.15) is 0 Å². The van der Waals surface area contributed by atoms with Crippen LogP contribution in [0.4, 0.5) is 17.1 Å². The lowest BCUT2D eigenvalue weighted by molar-refractivity contribution is -0.384. The molecule has 0 amide bonds. The van der Waals surface area contributed by atoms with Crippen LogP contribution in [0.15, 0.2) is 42.5 Å². The van der Waals surface area contributed by atoms with E-state index < -0.39 is 0 Å². The second-order valence-corrected chi connectivity index (χ2v) is 5.01. The lowest BCUT2D eigenvalue weighted by Gasteiger charge is -2.21. The summed E-state index contributed by atoms with van der Waals surface area (Å²) in [4.78, 5) is 12.8. The van der Waals surface area contributed by atoms with E-state index >= 15 is 0 Å². The second kappa shape index (κ2) is 6.26. The van der Waals surface area contributed by atoms with Gasteiger partial charge in [0.25, 0.3) is 5.69 Å². The van der Waals surface area contributed by atoms with Crippen LogP contribution in [0, 0.1) is 17.0 Å². The van der Waals surface area contributed by atoms with Crippen LogP contribution in [0.3, 0.4) is 0 Å². The number of para-hydroxylation sites is 1. The molecule has 0 aliphatic heterocycles. The quantitative estimate of drug-likeness (QED) is 0.674. The van der Waals surface area contributed by atoms with Gasteiger partial charge in [0.05, 0.1) is 4.92 Å². The van der Waals surface area contributed by atoms with Crippen LogP contribution >= 0.6 is 0 Å². The van der Waals surface area contributed by atoms with Gasteiger partial charge in [0, 0.05) is 38.0 Å². The zero-order valence-corrected chi connectivity index (χ0v) is 12.5. The van der Waals surface area contributed by atoms with Crippen molar-refractivity contribution in [2.45, 2.75) is 13.5 Å².